The molecule has 0 saturated heterocycles. The van der Waals surface area contributed by atoms with Gasteiger partial charge >= 0.3 is 0 Å². The van der Waals surface area contributed by atoms with E-state index in [1.165, 1.54) is 18.2 Å². The lowest BCUT2D eigenvalue weighted by atomic mass is 9.92. The lowest BCUT2D eigenvalue weighted by Gasteiger charge is -2.13. The van der Waals surface area contributed by atoms with Gasteiger partial charge in [-0.3, -0.25) is 4.98 Å². The number of aryl methyl sites for hydroxylation is 2. The van der Waals surface area contributed by atoms with Crippen molar-refractivity contribution >= 4 is 11.6 Å². The smallest absolute Gasteiger partial charge is 0.261 e. The van der Waals surface area contributed by atoms with E-state index < -0.39 is 6.43 Å². The monoisotopic (exact) mass is 351 g/mol. The maximum absolute atomic E-state index is 13.7. The Labute approximate surface area is 149 Å². The van der Waals surface area contributed by atoms with Crippen molar-refractivity contribution < 1.29 is 13.2 Å². The first-order valence-electron chi connectivity index (χ1n) is 8.45. The van der Waals surface area contributed by atoms with E-state index in [0.717, 1.165) is 28.0 Å². The van der Waals surface area contributed by atoms with Crippen LogP contribution in [0.25, 0.3) is 11.6 Å². The number of alkyl halides is 2. The van der Waals surface area contributed by atoms with E-state index in [4.69, 9.17) is 0 Å². The molecule has 0 amide bonds. The van der Waals surface area contributed by atoms with Crippen LogP contribution in [0, 0.1) is 5.82 Å². The number of nitrogens with zero attached hydrogens (tertiary/aromatic N) is 1. The first-order valence-corrected chi connectivity index (χ1v) is 8.45. The van der Waals surface area contributed by atoms with E-state index in [1.54, 1.807) is 36.5 Å². The van der Waals surface area contributed by atoms with Gasteiger partial charge in [0.05, 0.1) is 0 Å². The third-order valence-electron chi connectivity index (χ3n) is 4.70. The van der Waals surface area contributed by atoms with Gasteiger partial charge in [0.1, 0.15) is 5.82 Å². The summed E-state index contributed by atoms with van der Waals surface area (Å²) in [4.78, 5) is 4.45. The second-order valence-electron chi connectivity index (χ2n) is 6.29. The molecule has 0 atom stereocenters. The molecule has 0 bridgehead atoms. The van der Waals surface area contributed by atoms with Crippen LogP contribution < -0.4 is 0 Å². The number of hydrogen-bond acceptors (Lipinski definition) is 1. The Morgan fingerprint density at radius 1 is 0.923 bits per heavy atom. The van der Waals surface area contributed by atoms with Crippen LogP contribution in [-0.4, -0.2) is 4.98 Å². The second-order valence-corrected chi connectivity index (χ2v) is 6.29. The lowest BCUT2D eigenvalue weighted by molar-refractivity contribution is 0.151. The minimum absolute atomic E-state index is 0.0154. The maximum Gasteiger partial charge on any atom is 0.264 e. The van der Waals surface area contributed by atoms with Crippen molar-refractivity contribution in [1.82, 2.24) is 4.98 Å². The molecule has 4 rings (SSSR count). The van der Waals surface area contributed by atoms with E-state index in [9.17, 15) is 13.2 Å². The molecule has 3 aromatic rings. The van der Waals surface area contributed by atoms with Crippen molar-refractivity contribution in [3.8, 4) is 0 Å². The van der Waals surface area contributed by atoms with Gasteiger partial charge in [0.25, 0.3) is 6.43 Å². The second kappa shape index (κ2) is 6.79. The van der Waals surface area contributed by atoms with E-state index in [1.807, 2.05) is 12.1 Å². The number of rotatable bonds is 2. The molecule has 0 N–H and O–H groups in total. The van der Waals surface area contributed by atoms with E-state index in [0.29, 0.717) is 18.4 Å². The van der Waals surface area contributed by atoms with Gasteiger partial charge in [0.2, 0.25) is 0 Å². The minimum atomic E-state index is -2.56. The molecule has 0 aliphatic heterocycles. The van der Waals surface area contributed by atoms with Gasteiger partial charge in [0, 0.05) is 23.0 Å². The van der Waals surface area contributed by atoms with Crippen LogP contribution in [0.1, 0.15) is 39.9 Å². The van der Waals surface area contributed by atoms with Gasteiger partial charge < -0.3 is 0 Å². The summed E-state index contributed by atoms with van der Waals surface area (Å²) in [5.41, 5.74) is 4.77. The fraction of sp³-hybridized carbons (Fsp3) is 0.136. The summed E-state index contributed by atoms with van der Waals surface area (Å²) < 4.78 is 40.6. The first-order chi connectivity index (χ1) is 12.6. The zero-order valence-electron chi connectivity index (χ0n) is 13.9. The van der Waals surface area contributed by atoms with Crippen LogP contribution >= 0.6 is 0 Å². The van der Waals surface area contributed by atoms with Crippen LogP contribution in [-0.2, 0) is 12.8 Å². The Bertz CT molecular complexity index is 992. The third kappa shape index (κ3) is 3.03. The van der Waals surface area contributed by atoms with E-state index in [-0.39, 0.29) is 11.4 Å². The summed E-state index contributed by atoms with van der Waals surface area (Å²) in [7, 11) is 0. The molecule has 4 heteroatoms. The zero-order chi connectivity index (χ0) is 18.1. The zero-order valence-corrected chi connectivity index (χ0v) is 13.9. The molecule has 1 aliphatic carbocycles. The van der Waals surface area contributed by atoms with Crippen LogP contribution in [0.5, 0.6) is 0 Å². The maximum atomic E-state index is 13.7. The average molecular weight is 351 g/mol. The Morgan fingerprint density at radius 3 is 2.62 bits per heavy atom. The van der Waals surface area contributed by atoms with Gasteiger partial charge in [-0.2, -0.15) is 0 Å². The fourth-order valence-electron chi connectivity index (χ4n) is 3.46. The number of fused-ring (bicyclic) bond motifs is 2. The Morgan fingerprint density at radius 2 is 1.77 bits per heavy atom. The van der Waals surface area contributed by atoms with Crippen LogP contribution in [0.15, 0.2) is 60.8 Å². The number of halogens is 3. The van der Waals surface area contributed by atoms with Crippen LogP contribution in [0.3, 0.4) is 0 Å². The number of pyridine rings is 1. The number of benzene rings is 2. The topological polar surface area (TPSA) is 12.9 Å². The highest BCUT2D eigenvalue weighted by Gasteiger charge is 2.20. The summed E-state index contributed by atoms with van der Waals surface area (Å²) in [6, 6.07) is 14.9. The van der Waals surface area contributed by atoms with Crippen molar-refractivity contribution in [2.24, 2.45) is 0 Å². The summed E-state index contributed by atoms with van der Waals surface area (Å²) in [6.45, 7) is 0. The molecule has 0 saturated carbocycles. The van der Waals surface area contributed by atoms with E-state index in [2.05, 4.69) is 4.98 Å². The molecule has 1 aromatic heterocycles. The first kappa shape index (κ1) is 16.6. The Kier molecular flexibility index (Phi) is 4.33. The lowest BCUT2D eigenvalue weighted by Crippen LogP contribution is -1.96. The van der Waals surface area contributed by atoms with E-state index >= 15 is 0 Å². The SMILES string of the molecule is Fc1ccc2c(c1)CCc1ncccc1/C2=C/c1ccccc1C(F)F. The molecular weight excluding hydrogens is 335 g/mol. The largest absolute Gasteiger partial charge is 0.264 e. The molecular formula is C22H16F3N. The van der Waals surface area contributed by atoms with Crippen molar-refractivity contribution in [3.63, 3.8) is 0 Å². The summed E-state index contributed by atoms with van der Waals surface area (Å²) in [5.74, 6) is -0.296. The molecule has 0 fully saturated rings. The molecule has 0 radical (unpaired) electrons. The Hall–Kier alpha value is -2.88. The predicted octanol–water partition coefficient (Wildman–Crippen LogP) is 5.85. The highest BCUT2D eigenvalue weighted by Crippen LogP contribution is 2.36. The fourth-order valence-corrected chi connectivity index (χ4v) is 3.46. The molecule has 1 aliphatic rings. The van der Waals surface area contributed by atoms with Gasteiger partial charge in [-0.1, -0.05) is 36.4 Å². The van der Waals surface area contributed by atoms with Crippen molar-refractivity contribution in [2.45, 2.75) is 19.3 Å². The third-order valence-corrected chi connectivity index (χ3v) is 4.70. The molecule has 130 valence electrons. The highest BCUT2D eigenvalue weighted by molar-refractivity contribution is 5.94. The van der Waals surface area contributed by atoms with Crippen molar-refractivity contribution in [1.29, 1.82) is 0 Å². The summed E-state index contributed by atoms with van der Waals surface area (Å²) in [5, 5.41) is 0. The van der Waals surface area contributed by atoms with Gasteiger partial charge in [-0.15, -0.1) is 0 Å². The summed E-state index contributed by atoms with van der Waals surface area (Å²) in [6.07, 6.45) is 2.27. The molecule has 1 heterocycles. The van der Waals surface area contributed by atoms with Crippen LogP contribution in [0.2, 0.25) is 0 Å². The Balaban J connectivity index is 1.98. The number of aromatic nitrogens is 1. The standard InChI is InChI=1S/C22H16F3N/c23-16-8-9-17-15(12-16)7-10-21-19(6-3-11-26-21)20(17)13-14-4-1-2-5-18(14)22(24)25/h1-6,8-9,11-13,22H,7,10H2/b20-13+. The molecule has 0 unspecified atom stereocenters. The normalized spacial score (nSPS) is 14.8. The minimum Gasteiger partial charge on any atom is -0.261 e. The van der Waals surface area contributed by atoms with Gasteiger partial charge in [-0.25, -0.2) is 13.2 Å². The molecule has 0 spiro atoms. The number of hydrogen-bond donors (Lipinski definition) is 0. The van der Waals surface area contributed by atoms with Gasteiger partial charge in [-0.05, 0) is 59.4 Å². The van der Waals surface area contributed by atoms with Gasteiger partial charge in [0.15, 0.2) is 0 Å². The average Bonchev–Trinajstić information content (AvgIpc) is 2.79. The van der Waals surface area contributed by atoms with Crippen molar-refractivity contribution in [2.75, 3.05) is 0 Å². The summed E-state index contributed by atoms with van der Waals surface area (Å²) >= 11 is 0. The predicted molar refractivity (Wildman–Crippen MR) is 96.4 cm³/mol. The molecule has 2 aromatic carbocycles. The quantitative estimate of drug-likeness (QED) is 0.565. The van der Waals surface area contributed by atoms with Crippen molar-refractivity contribution in [3.05, 3.63) is 100 Å². The van der Waals surface area contributed by atoms with Crippen LogP contribution in [0.4, 0.5) is 13.2 Å². The molecule has 1 nitrogen and oxygen atoms in total. The highest BCUT2D eigenvalue weighted by atomic mass is 19.3. The molecule has 26 heavy (non-hydrogen) atoms.